The first-order chi connectivity index (χ1) is 12.2. The lowest BCUT2D eigenvalue weighted by Crippen LogP contribution is -2.47. The topological polar surface area (TPSA) is 54.3 Å². The van der Waals surface area contributed by atoms with Crippen molar-refractivity contribution in [1.82, 2.24) is 24.8 Å². The monoisotopic (exact) mass is 339 g/mol. The molecule has 0 N–H and O–H groups in total. The van der Waals surface area contributed by atoms with Crippen LogP contribution in [0.5, 0.6) is 0 Å². The Balaban J connectivity index is 1.60. The fourth-order valence-corrected chi connectivity index (χ4v) is 4.34. The molecule has 2 aliphatic heterocycles. The molecule has 0 bridgehead atoms. The molecule has 2 aromatic rings. The average molecular weight is 339 g/mol. The fraction of sp³-hybridized carbons (Fsp3) is 0.526. The van der Waals surface area contributed by atoms with Crippen molar-refractivity contribution in [3.63, 3.8) is 0 Å². The maximum Gasteiger partial charge on any atom is 0.276 e. The largest absolute Gasteiger partial charge is 0.333 e. The van der Waals surface area contributed by atoms with Gasteiger partial charge in [0.25, 0.3) is 5.91 Å². The van der Waals surface area contributed by atoms with Crippen molar-refractivity contribution in [2.75, 3.05) is 20.1 Å². The number of amides is 1. The number of rotatable bonds is 3. The van der Waals surface area contributed by atoms with Crippen LogP contribution in [0.1, 0.15) is 41.9 Å². The van der Waals surface area contributed by atoms with E-state index in [1.165, 1.54) is 12.8 Å². The van der Waals surface area contributed by atoms with E-state index >= 15 is 0 Å². The van der Waals surface area contributed by atoms with Gasteiger partial charge in [0.2, 0.25) is 0 Å². The fourth-order valence-electron chi connectivity index (χ4n) is 4.34. The zero-order valence-corrected chi connectivity index (χ0v) is 14.9. The Morgan fingerprint density at radius 1 is 1.08 bits per heavy atom. The van der Waals surface area contributed by atoms with Crippen LogP contribution in [0, 0.1) is 6.92 Å². The molecule has 0 unspecified atom stereocenters. The average Bonchev–Trinajstić information content (AvgIpc) is 3.34. The summed E-state index contributed by atoms with van der Waals surface area (Å²) in [5.74, 6) is 0.0301. The van der Waals surface area contributed by atoms with Gasteiger partial charge in [0, 0.05) is 18.6 Å². The van der Waals surface area contributed by atoms with E-state index in [2.05, 4.69) is 22.3 Å². The van der Waals surface area contributed by atoms with E-state index in [1.807, 2.05) is 42.2 Å². The van der Waals surface area contributed by atoms with E-state index in [-0.39, 0.29) is 5.91 Å². The number of aromatic nitrogens is 3. The van der Waals surface area contributed by atoms with Crippen molar-refractivity contribution in [3.8, 4) is 5.69 Å². The van der Waals surface area contributed by atoms with Crippen LogP contribution in [0.15, 0.2) is 30.3 Å². The molecule has 0 spiro atoms. The summed E-state index contributed by atoms with van der Waals surface area (Å²) >= 11 is 0. The SMILES string of the molecule is Cc1c(C(=O)N2CCC[C@H]2[C@H]2CCCN2C)nnn1-c1ccccc1. The highest BCUT2D eigenvalue weighted by atomic mass is 16.2. The second kappa shape index (κ2) is 6.59. The molecule has 2 saturated heterocycles. The number of hydrogen-bond acceptors (Lipinski definition) is 4. The van der Waals surface area contributed by atoms with E-state index < -0.39 is 0 Å². The van der Waals surface area contributed by atoms with Gasteiger partial charge in [0.15, 0.2) is 5.69 Å². The maximum absolute atomic E-state index is 13.2. The molecule has 4 rings (SSSR count). The Bertz CT molecular complexity index is 756. The molecule has 2 fully saturated rings. The number of para-hydroxylation sites is 1. The Morgan fingerprint density at radius 3 is 2.52 bits per heavy atom. The van der Waals surface area contributed by atoms with Gasteiger partial charge in [-0.05, 0) is 58.3 Å². The Labute approximate surface area is 148 Å². The molecule has 1 amide bonds. The Hall–Kier alpha value is -2.21. The van der Waals surface area contributed by atoms with Gasteiger partial charge in [0.1, 0.15) is 0 Å². The third kappa shape index (κ3) is 2.84. The summed E-state index contributed by atoms with van der Waals surface area (Å²) in [6, 6.07) is 10.6. The molecule has 0 aliphatic carbocycles. The highest BCUT2D eigenvalue weighted by Crippen LogP contribution is 2.30. The molecule has 1 aromatic carbocycles. The van der Waals surface area contributed by atoms with Crippen LogP contribution in [0.4, 0.5) is 0 Å². The van der Waals surface area contributed by atoms with Crippen molar-refractivity contribution in [2.45, 2.75) is 44.7 Å². The van der Waals surface area contributed by atoms with Gasteiger partial charge in [-0.1, -0.05) is 23.4 Å². The lowest BCUT2D eigenvalue weighted by molar-refractivity contribution is 0.0657. The van der Waals surface area contributed by atoms with Crippen LogP contribution in [0.25, 0.3) is 5.69 Å². The van der Waals surface area contributed by atoms with E-state index in [0.717, 1.165) is 37.3 Å². The summed E-state index contributed by atoms with van der Waals surface area (Å²) in [5.41, 5.74) is 2.22. The van der Waals surface area contributed by atoms with Crippen LogP contribution in [0.2, 0.25) is 0 Å². The molecule has 132 valence electrons. The van der Waals surface area contributed by atoms with Crippen LogP contribution < -0.4 is 0 Å². The van der Waals surface area contributed by atoms with Gasteiger partial charge in [-0.15, -0.1) is 5.10 Å². The van der Waals surface area contributed by atoms with E-state index in [1.54, 1.807) is 4.68 Å². The number of nitrogens with zero attached hydrogens (tertiary/aromatic N) is 5. The van der Waals surface area contributed by atoms with Crippen molar-refractivity contribution in [1.29, 1.82) is 0 Å². The minimum Gasteiger partial charge on any atom is -0.333 e. The number of carbonyl (C=O) groups excluding carboxylic acids is 1. The van der Waals surface area contributed by atoms with Crippen LogP contribution in [-0.2, 0) is 0 Å². The second-order valence-corrected chi connectivity index (χ2v) is 7.17. The first-order valence-corrected chi connectivity index (χ1v) is 9.16. The molecular formula is C19H25N5O. The molecular weight excluding hydrogens is 314 g/mol. The molecule has 0 saturated carbocycles. The maximum atomic E-state index is 13.2. The molecule has 2 aliphatic rings. The predicted molar refractivity (Wildman–Crippen MR) is 95.8 cm³/mol. The Kier molecular flexibility index (Phi) is 4.29. The molecule has 0 radical (unpaired) electrons. The van der Waals surface area contributed by atoms with Gasteiger partial charge >= 0.3 is 0 Å². The van der Waals surface area contributed by atoms with Gasteiger partial charge in [-0.2, -0.15) is 0 Å². The highest BCUT2D eigenvalue weighted by molar-refractivity contribution is 5.93. The normalized spacial score (nSPS) is 24.2. The lowest BCUT2D eigenvalue weighted by Gasteiger charge is -2.32. The van der Waals surface area contributed by atoms with Crippen LogP contribution in [-0.4, -0.2) is 62.9 Å². The second-order valence-electron chi connectivity index (χ2n) is 7.17. The van der Waals surface area contributed by atoms with Gasteiger partial charge in [-0.25, -0.2) is 4.68 Å². The van der Waals surface area contributed by atoms with E-state index in [9.17, 15) is 4.79 Å². The molecule has 1 aromatic heterocycles. The number of benzene rings is 1. The predicted octanol–water partition coefficient (Wildman–Crippen LogP) is 2.27. The van der Waals surface area contributed by atoms with Crippen molar-refractivity contribution < 1.29 is 4.79 Å². The zero-order chi connectivity index (χ0) is 17.4. The lowest BCUT2D eigenvalue weighted by atomic mass is 10.0. The zero-order valence-electron chi connectivity index (χ0n) is 14.9. The number of hydrogen-bond donors (Lipinski definition) is 0. The van der Waals surface area contributed by atoms with Gasteiger partial charge in [0.05, 0.1) is 11.4 Å². The summed E-state index contributed by atoms with van der Waals surface area (Å²) < 4.78 is 1.75. The van der Waals surface area contributed by atoms with Crippen molar-refractivity contribution in [3.05, 3.63) is 41.7 Å². The minimum absolute atomic E-state index is 0.0301. The van der Waals surface area contributed by atoms with E-state index in [0.29, 0.717) is 17.8 Å². The molecule has 2 atom stereocenters. The first kappa shape index (κ1) is 16.3. The van der Waals surface area contributed by atoms with Gasteiger partial charge in [-0.3, -0.25) is 4.79 Å². The van der Waals surface area contributed by atoms with Crippen molar-refractivity contribution in [2.24, 2.45) is 0 Å². The number of likely N-dealkylation sites (N-methyl/N-ethyl adjacent to an activating group) is 1. The number of likely N-dealkylation sites (tertiary alicyclic amines) is 2. The van der Waals surface area contributed by atoms with Gasteiger partial charge < -0.3 is 9.80 Å². The summed E-state index contributed by atoms with van der Waals surface area (Å²) in [5, 5.41) is 8.45. The quantitative estimate of drug-likeness (QED) is 0.861. The third-order valence-corrected chi connectivity index (χ3v) is 5.68. The summed E-state index contributed by atoms with van der Waals surface area (Å²) in [4.78, 5) is 17.6. The third-order valence-electron chi connectivity index (χ3n) is 5.68. The molecule has 6 heteroatoms. The van der Waals surface area contributed by atoms with Crippen LogP contribution in [0.3, 0.4) is 0 Å². The van der Waals surface area contributed by atoms with E-state index in [4.69, 9.17) is 0 Å². The highest BCUT2D eigenvalue weighted by Gasteiger charge is 2.39. The Morgan fingerprint density at radius 2 is 1.80 bits per heavy atom. The first-order valence-electron chi connectivity index (χ1n) is 9.16. The van der Waals surface area contributed by atoms with Crippen molar-refractivity contribution >= 4 is 5.91 Å². The molecule has 6 nitrogen and oxygen atoms in total. The summed E-state index contributed by atoms with van der Waals surface area (Å²) in [6.45, 7) is 3.88. The molecule has 3 heterocycles. The summed E-state index contributed by atoms with van der Waals surface area (Å²) in [7, 11) is 2.18. The molecule has 25 heavy (non-hydrogen) atoms. The number of carbonyl (C=O) groups is 1. The summed E-state index contributed by atoms with van der Waals surface area (Å²) in [6.07, 6.45) is 4.57. The smallest absolute Gasteiger partial charge is 0.276 e. The minimum atomic E-state index is 0.0301. The standard InChI is InChI=1S/C19H25N5O/c1-14-18(20-21-24(14)15-8-4-3-5-9-15)19(25)23-13-7-11-17(23)16-10-6-12-22(16)2/h3-5,8-9,16-17H,6-7,10-13H2,1-2H3/t16-,17+/m1/s1. The van der Waals surface area contributed by atoms with Crippen LogP contribution >= 0.6 is 0 Å².